The molecular formula is C32H42N4O5S. The van der Waals surface area contributed by atoms with Crippen molar-refractivity contribution < 1.29 is 22.7 Å². The average molecular weight is 595 g/mol. The van der Waals surface area contributed by atoms with Crippen LogP contribution in [0.4, 0.5) is 11.4 Å². The summed E-state index contributed by atoms with van der Waals surface area (Å²) in [5.41, 5.74) is 4.97. The monoisotopic (exact) mass is 594 g/mol. The number of hydrogen-bond acceptors (Lipinski definition) is 8. The molecule has 0 spiro atoms. The van der Waals surface area contributed by atoms with Crippen LogP contribution in [0.15, 0.2) is 42.6 Å². The fraction of sp³-hybridized carbons (Fsp3) is 0.531. The van der Waals surface area contributed by atoms with Crippen molar-refractivity contribution in [3.63, 3.8) is 0 Å². The zero-order valence-electron chi connectivity index (χ0n) is 25.4. The van der Waals surface area contributed by atoms with Gasteiger partial charge in [-0.2, -0.15) is 0 Å². The molecule has 2 fully saturated rings. The first-order chi connectivity index (χ1) is 19.8. The van der Waals surface area contributed by atoms with Crippen LogP contribution in [0, 0.1) is 11.3 Å². The van der Waals surface area contributed by atoms with Gasteiger partial charge in [0.25, 0.3) is 0 Å². The Morgan fingerprint density at radius 3 is 2.43 bits per heavy atom. The first kappa shape index (κ1) is 30.2. The highest BCUT2D eigenvalue weighted by atomic mass is 32.2. The summed E-state index contributed by atoms with van der Waals surface area (Å²) in [5, 5.41) is 3.58. The SMILES string of the molecule is COc1ccc2ncc(Nc3ccc([C@H](N(C)C(=O)C4CCS(=O)(=O)CC4)C(C)(C)C)cc3)c([C@@]3(C)CCOC3)c2n1. The Labute approximate surface area is 248 Å². The number of rotatable bonds is 7. The number of carbonyl (C=O) groups is 1. The predicted molar refractivity (Wildman–Crippen MR) is 165 cm³/mol. The van der Waals surface area contributed by atoms with E-state index in [1.807, 2.05) is 42.4 Å². The standard InChI is InChI=1S/C32H42N4O5S/c1-31(2,3)29(36(5)30(37)22-13-17-42(38,39)18-14-22)21-7-9-23(10-8-21)34-25-19-33-24-11-12-26(40-6)35-28(24)27(25)32(4)15-16-41-20-32/h7-12,19,22,29,34H,13-18,20H2,1-6H3/t29-,32-/m0/s1. The van der Waals surface area contributed by atoms with Crippen LogP contribution in [0.3, 0.4) is 0 Å². The molecule has 10 heteroatoms. The Morgan fingerprint density at radius 1 is 1.14 bits per heavy atom. The number of hydrogen-bond donors (Lipinski definition) is 1. The highest BCUT2D eigenvalue weighted by Gasteiger charge is 2.38. The molecule has 0 saturated carbocycles. The largest absolute Gasteiger partial charge is 0.481 e. The lowest BCUT2D eigenvalue weighted by Gasteiger charge is -2.40. The van der Waals surface area contributed by atoms with Gasteiger partial charge in [-0.15, -0.1) is 0 Å². The van der Waals surface area contributed by atoms with Crippen molar-refractivity contribution in [3.8, 4) is 5.88 Å². The molecule has 1 aromatic carbocycles. The van der Waals surface area contributed by atoms with Crippen molar-refractivity contribution in [2.24, 2.45) is 11.3 Å². The summed E-state index contributed by atoms with van der Waals surface area (Å²) in [6.45, 7) is 9.86. The summed E-state index contributed by atoms with van der Waals surface area (Å²) >= 11 is 0. The summed E-state index contributed by atoms with van der Waals surface area (Å²) in [4.78, 5) is 24.8. The van der Waals surface area contributed by atoms with Gasteiger partial charge in [-0.05, 0) is 48.4 Å². The van der Waals surface area contributed by atoms with Crippen LogP contribution in [0.1, 0.15) is 64.1 Å². The summed E-state index contributed by atoms with van der Waals surface area (Å²) in [6, 6.07) is 11.7. The van der Waals surface area contributed by atoms with E-state index in [9.17, 15) is 13.2 Å². The van der Waals surface area contributed by atoms with E-state index < -0.39 is 9.84 Å². The second-order valence-electron chi connectivity index (χ2n) is 13.0. The molecule has 0 unspecified atom stereocenters. The lowest BCUT2D eigenvalue weighted by Crippen LogP contribution is -2.43. The number of carbonyl (C=O) groups excluding carboxylic acids is 1. The fourth-order valence-corrected chi connectivity index (χ4v) is 7.98. The molecule has 3 aromatic rings. The smallest absolute Gasteiger partial charge is 0.226 e. The number of nitrogens with one attached hydrogen (secondary N) is 1. The van der Waals surface area contributed by atoms with Crippen LogP contribution in [0.25, 0.3) is 11.0 Å². The van der Waals surface area contributed by atoms with Crippen molar-refractivity contribution in [1.82, 2.24) is 14.9 Å². The molecule has 0 aliphatic carbocycles. The van der Waals surface area contributed by atoms with Gasteiger partial charge in [0, 0.05) is 42.3 Å². The normalized spacial score (nSPS) is 21.7. The first-order valence-corrected chi connectivity index (χ1v) is 16.4. The van der Waals surface area contributed by atoms with Crippen LogP contribution in [0.2, 0.25) is 0 Å². The number of ether oxygens (including phenoxy) is 2. The maximum atomic E-state index is 13.5. The van der Waals surface area contributed by atoms with Gasteiger partial charge in [0.15, 0.2) is 0 Å². The number of nitrogens with zero attached hydrogens (tertiary/aromatic N) is 3. The fourth-order valence-electron chi connectivity index (χ4n) is 6.49. The highest BCUT2D eigenvalue weighted by Crippen LogP contribution is 2.43. The van der Waals surface area contributed by atoms with E-state index in [0.717, 1.165) is 40.0 Å². The number of aromatic nitrogens is 2. The maximum Gasteiger partial charge on any atom is 0.226 e. The topological polar surface area (TPSA) is 111 Å². The van der Waals surface area contributed by atoms with Crippen molar-refractivity contribution >= 4 is 38.2 Å². The number of benzene rings is 1. The quantitative estimate of drug-likeness (QED) is 0.386. The lowest BCUT2D eigenvalue weighted by molar-refractivity contribution is -0.139. The van der Waals surface area contributed by atoms with Crippen molar-refractivity contribution in [1.29, 1.82) is 0 Å². The molecule has 226 valence electrons. The van der Waals surface area contributed by atoms with E-state index in [1.54, 1.807) is 7.11 Å². The molecule has 5 rings (SSSR count). The Kier molecular flexibility index (Phi) is 8.24. The minimum absolute atomic E-state index is 0.00820. The highest BCUT2D eigenvalue weighted by molar-refractivity contribution is 7.91. The zero-order chi connectivity index (χ0) is 30.3. The van der Waals surface area contributed by atoms with E-state index >= 15 is 0 Å². The van der Waals surface area contributed by atoms with Crippen molar-refractivity contribution in [2.75, 3.05) is 44.2 Å². The summed E-state index contributed by atoms with van der Waals surface area (Å²) in [5.74, 6) is 0.440. The minimum Gasteiger partial charge on any atom is -0.481 e. The number of methoxy groups -OCH3 is 1. The van der Waals surface area contributed by atoms with Crippen LogP contribution < -0.4 is 10.1 Å². The van der Waals surface area contributed by atoms with Gasteiger partial charge in [-0.1, -0.05) is 39.8 Å². The summed E-state index contributed by atoms with van der Waals surface area (Å²) in [7, 11) is 0.417. The third-order valence-corrected chi connectivity index (χ3v) is 10.4. The molecule has 42 heavy (non-hydrogen) atoms. The van der Waals surface area contributed by atoms with E-state index in [-0.39, 0.29) is 40.2 Å². The van der Waals surface area contributed by atoms with Gasteiger partial charge < -0.3 is 19.7 Å². The van der Waals surface area contributed by atoms with Gasteiger partial charge in [0.1, 0.15) is 9.84 Å². The molecule has 0 radical (unpaired) electrons. The van der Waals surface area contributed by atoms with E-state index in [4.69, 9.17) is 14.5 Å². The number of sulfone groups is 1. The number of pyridine rings is 2. The maximum absolute atomic E-state index is 13.5. The molecule has 2 aliphatic heterocycles. The molecule has 2 aliphatic rings. The minimum atomic E-state index is -3.03. The first-order valence-electron chi connectivity index (χ1n) is 14.6. The van der Waals surface area contributed by atoms with Gasteiger partial charge in [-0.3, -0.25) is 9.78 Å². The van der Waals surface area contributed by atoms with Gasteiger partial charge in [0.05, 0.1) is 54.2 Å². The number of fused-ring (bicyclic) bond motifs is 1. The zero-order valence-corrected chi connectivity index (χ0v) is 26.3. The van der Waals surface area contributed by atoms with Crippen LogP contribution in [0.5, 0.6) is 5.88 Å². The van der Waals surface area contributed by atoms with Crippen LogP contribution in [-0.2, 0) is 24.8 Å². The predicted octanol–water partition coefficient (Wildman–Crippen LogP) is 5.43. The van der Waals surface area contributed by atoms with Gasteiger partial charge in [-0.25, -0.2) is 13.4 Å². The van der Waals surface area contributed by atoms with Gasteiger partial charge >= 0.3 is 0 Å². The summed E-state index contributed by atoms with van der Waals surface area (Å²) in [6.07, 6.45) is 3.51. The molecule has 2 aromatic heterocycles. The molecule has 2 saturated heterocycles. The van der Waals surface area contributed by atoms with Crippen LogP contribution >= 0.6 is 0 Å². The third kappa shape index (κ3) is 6.10. The molecule has 2 atom stereocenters. The van der Waals surface area contributed by atoms with E-state index in [0.29, 0.717) is 31.9 Å². The van der Waals surface area contributed by atoms with Crippen molar-refractivity contribution in [3.05, 3.63) is 53.7 Å². The molecule has 4 heterocycles. The molecule has 1 N–H and O–H groups in total. The van der Waals surface area contributed by atoms with Crippen molar-refractivity contribution in [2.45, 2.75) is 58.4 Å². The molecule has 0 bridgehead atoms. The second kappa shape index (κ2) is 11.4. The Balaban J connectivity index is 1.44. The van der Waals surface area contributed by atoms with E-state index in [1.165, 1.54) is 0 Å². The molecule has 9 nitrogen and oxygen atoms in total. The average Bonchev–Trinajstić information content (AvgIpc) is 3.39. The Hall–Kier alpha value is -3.24. The lowest BCUT2D eigenvalue weighted by atomic mass is 9.80. The van der Waals surface area contributed by atoms with Crippen LogP contribution in [-0.4, -0.2) is 68.1 Å². The number of amides is 1. The molecular weight excluding hydrogens is 552 g/mol. The Bertz CT molecular complexity index is 1550. The van der Waals surface area contributed by atoms with Gasteiger partial charge in [0.2, 0.25) is 11.8 Å². The van der Waals surface area contributed by atoms with E-state index in [2.05, 4.69) is 50.1 Å². The summed E-state index contributed by atoms with van der Waals surface area (Å²) < 4.78 is 35.1. The third-order valence-electron chi connectivity index (χ3n) is 8.68. The second-order valence-corrected chi connectivity index (χ2v) is 15.3. The number of anilines is 2. The Morgan fingerprint density at radius 2 is 1.83 bits per heavy atom. The molecule has 1 amide bonds.